The van der Waals surface area contributed by atoms with Crippen molar-refractivity contribution in [2.45, 2.75) is 32.1 Å². The summed E-state index contributed by atoms with van der Waals surface area (Å²) in [6, 6.07) is 15.5. The number of nitrogens with one attached hydrogen (secondary N) is 2. The van der Waals surface area contributed by atoms with E-state index in [1.807, 2.05) is 55.5 Å². The fraction of sp³-hybridized carbons (Fsp3) is 0.360. The lowest BCUT2D eigenvalue weighted by Crippen LogP contribution is -2.33. The minimum Gasteiger partial charge on any atom is -0.457 e. The van der Waals surface area contributed by atoms with Crippen molar-refractivity contribution in [3.05, 3.63) is 65.5 Å². The average molecular weight is 432 g/mol. The molecule has 1 unspecified atom stereocenters. The van der Waals surface area contributed by atoms with Crippen LogP contribution in [0.5, 0.6) is 11.5 Å². The Morgan fingerprint density at radius 2 is 1.84 bits per heavy atom. The molecule has 32 heavy (non-hydrogen) atoms. The third-order valence-electron chi connectivity index (χ3n) is 6.51. The van der Waals surface area contributed by atoms with Gasteiger partial charge in [0.15, 0.2) is 5.69 Å². The van der Waals surface area contributed by atoms with Gasteiger partial charge in [0.05, 0.1) is 17.1 Å². The van der Waals surface area contributed by atoms with E-state index in [-0.39, 0.29) is 0 Å². The molecule has 1 fully saturated rings. The smallest absolute Gasteiger partial charge is 0.269 e. The van der Waals surface area contributed by atoms with Gasteiger partial charge in [-0.3, -0.25) is 4.79 Å². The molecule has 2 aliphatic rings. The normalized spacial score (nSPS) is 18.6. The Morgan fingerprint density at radius 3 is 2.56 bits per heavy atom. The number of hydrogen-bond donors (Lipinski definition) is 3. The Kier molecular flexibility index (Phi) is 5.57. The quantitative estimate of drug-likeness (QED) is 0.568. The number of aromatic nitrogens is 2. The number of amides is 1. The molecule has 0 radical (unpaired) electrons. The molecular formula is C25H29N5O2. The fourth-order valence-electron chi connectivity index (χ4n) is 4.95. The second-order valence-electron chi connectivity index (χ2n) is 8.71. The topological polar surface area (TPSA) is 94.2 Å². The van der Waals surface area contributed by atoms with Gasteiger partial charge in [-0.25, -0.2) is 4.68 Å². The van der Waals surface area contributed by atoms with Gasteiger partial charge in [-0.15, -0.1) is 0 Å². The van der Waals surface area contributed by atoms with Crippen LogP contribution in [-0.2, 0) is 0 Å². The third-order valence-corrected chi connectivity index (χ3v) is 6.51. The molecule has 2 aliphatic heterocycles. The lowest BCUT2D eigenvalue weighted by atomic mass is 9.79. The van der Waals surface area contributed by atoms with Crippen molar-refractivity contribution in [1.82, 2.24) is 15.1 Å². The number of ether oxygens (including phenoxy) is 1. The van der Waals surface area contributed by atoms with Crippen molar-refractivity contribution in [2.75, 3.05) is 25.0 Å². The van der Waals surface area contributed by atoms with E-state index in [9.17, 15) is 4.79 Å². The standard InChI is InChI=1S/C25H29N5O2/c1-16-3-2-4-20(15-16)32-19-7-5-18(6-8-19)30-24(25(26)31)23-22(29-30)21(11-14-28-23)17-9-12-27-13-10-17/h2-8,15,17,21,27-28H,9-14H2,1H3,(H2,26,31). The van der Waals surface area contributed by atoms with Crippen LogP contribution in [0.25, 0.3) is 5.69 Å². The summed E-state index contributed by atoms with van der Waals surface area (Å²) in [5, 5.41) is 11.7. The zero-order valence-electron chi connectivity index (χ0n) is 18.3. The summed E-state index contributed by atoms with van der Waals surface area (Å²) >= 11 is 0. The number of anilines is 1. The summed E-state index contributed by atoms with van der Waals surface area (Å²) in [6.07, 6.45) is 3.29. The summed E-state index contributed by atoms with van der Waals surface area (Å²) in [5.41, 5.74) is 9.94. The number of hydrogen-bond acceptors (Lipinski definition) is 5. The Balaban J connectivity index is 1.46. The minimum absolute atomic E-state index is 0.344. The summed E-state index contributed by atoms with van der Waals surface area (Å²) in [4.78, 5) is 12.4. The van der Waals surface area contributed by atoms with E-state index in [1.165, 1.54) is 0 Å². The van der Waals surface area contributed by atoms with E-state index >= 15 is 0 Å². The van der Waals surface area contributed by atoms with Crippen LogP contribution in [0.2, 0.25) is 0 Å². The van der Waals surface area contributed by atoms with Gasteiger partial charge in [0.1, 0.15) is 11.5 Å². The number of aryl methyl sites for hydroxylation is 1. The van der Waals surface area contributed by atoms with Crippen LogP contribution < -0.4 is 21.1 Å². The summed E-state index contributed by atoms with van der Waals surface area (Å²) in [7, 11) is 0. The van der Waals surface area contributed by atoms with Gasteiger partial charge in [-0.2, -0.15) is 5.10 Å². The van der Waals surface area contributed by atoms with Crippen LogP contribution in [0.4, 0.5) is 5.69 Å². The predicted molar refractivity (Wildman–Crippen MR) is 125 cm³/mol. The van der Waals surface area contributed by atoms with Crippen molar-refractivity contribution >= 4 is 11.6 Å². The molecular weight excluding hydrogens is 402 g/mol. The molecule has 0 aliphatic carbocycles. The number of nitrogens with two attached hydrogens (primary N) is 1. The first kappa shape index (κ1) is 20.6. The van der Waals surface area contributed by atoms with Gasteiger partial charge >= 0.3 is 0 Å². The van der Waals surface area contributed by atoms with Crippen molar-refractivity contribution < 1.29 is 9.53 Å². The molecule has 7 heteroatoms. The van der Waals surface area contributed by atoms with E-state index in [0.717, 1.165) is 73.0 Å². The fourth-order valence-corrected chi connectivity index (χ4v) is 4.95. The molecule has 166 valence electrons. The molecule has 5 rings (SSSR count). The van der Waals surface area contributed by atoms with Crippen LogP contribution in [0.1, 0.15) is 46.9 Å². The Labute approximate surface area is 188 Å². The van der Waals surface area contributed by atoms with Crippen molar-refractivity contribution in [3.8, 4) is 17.2 Å². The average Bonchev–Trinajstić information content (AvgIpc) is 3.20. The van der Waals surface area contributed by atoms with Crippen LogP contribution in [0.3, 0.4) is 0 Å². The van der Waals surface area contributed by atoms with E-state index in [2.05, 4.69) is 10.6 Å². The Morgan fingerprint density at radius 1 is 1.06 bits per heavy atom. The molecule has 0 spiro atoms. The number of carbonyl (C=O) groups excluding carboxylic acids is 1. The molecule has 3 aromatic rings. The third kappa shape index (κ3) is 3.96. The minimum atomic E-state index is -0.475. The highest BCUT2D eigenvalue weighted by atomic mass is 16.5. The van der Waals surface area contributed by atoms with E-state index in [4.69, 9.17) is 15.6 Å². The van der Waals surface area contributed by atoms with Gasteiger partial charge in [-0.05, 0) is 87.2 Å². The van der Waals surface area contributed by atoms with Gasteiger partial charge < -0.3 is 21.1 Å². The highest BCUT2D eigenvalue weighted by Gasteiger charge is 2.35. The lowest BCUT2D eigenvalue weighted by molar-refractivity contribution is 0.0993. The number of primary amides is 1. The van der Waals surface area contributed by atoms with Gasteiger partial charge in [-0.1, -0.05) is 12.1 Å². The lowest BCUT2D eigenvalue weighted by Gasteiger charge is -2.33. The number of piperidine rings is 1. The molecule has 1 atom stereocenters. The monoisotopic (exact) mass is 431 g/mol. The van der Waals surface area contributed by atoms with E-state index in [0.29, 0.717) is 17.5 Å². The predicted octanol–water partition coefficient (Wildman–Crippen LogP) is 3.97. The maximum Gasteiger partial charge on any atom is 0.269 e. The number of nitrogens with zero attached hydrogens (tertiary/aromatic N) is 2. The summed E-state index contributed by atoms with van der Waals surface area (Å²) < 4.78 is 7.66. The van der Waals surface area contributed by atoms with Crippen LogP contribution in [0, 0.1) is 12.8 Å². The molecule has 1 amide bonds. The molecule has 1 aromatic heterocycles. The second-order valence-corrected chi connectivity index (χ2v) is 8.71. The molecule has 7 nitrogen and oxygen atoms in total. The van der Waals surface area contributed by atoms with Crippen molar-refractivity contribution in [3.63, 3.8) is 0 Å². The zero-order valence-corrected chi connectivity index (χ0v) is 18.3. The number of fused-ring (bicyclic) bond motifs is 1. The van der Waals surface area contributed by atoms with Crippen LogP contribution in [-0.4, -0.2) is 35.3 Å². The summed E-state index contributed by atoms with van der Waals surface area (Å²) in [6.45, 7) is 4.94. The Hall–Kier alpha value is -3.32. The number of benzene rings is 2. The van der Waals surface area contributed by atoms with Crippen LogP contribution in [0.15, 0.2) is 48.5 Å². The first-order valence-corrected chi connectivity index (χ1v) is 11.3. The maximum absolute atomic E-state index is 12.4. The van der Waals surface area contributed by atoms with E-state index < -0.39 is 5.91 Å². The summed E-state index contributed by atoms with van der Waals surface area (Å²) in [5.74, 6) is 1.96. The maximum atomic E-state index is 12.4. The molecule has 3 heterocycles. The number of rotatable bonds is 5. The number of carbonyl (C=O) groups is 1. The molecule has 4 N–H and O–H groups in total. The van der Waals surface area contributed by atoms with Crippen LogP contribution >= 0.6 is 0 Å². The second kappa shape index (κ2) is 8.67. The van der Waals surface area contributed by atoms with Gasteiger partial charge in [0.25, 0.3) is 5.91 Å². The highest BCUT2D eigenvalue weighted by molar-refractivity contribution is 5.98. The highest BCUT2D eigenvalue weighted by Crippen LogP contribution is 2.41. The molecule has 2 aromatic carbocycles. The van der Waals surface area contributed by atoms with Gasteiger partial charge in [0, 0.05) is 12.5 Å². The largest absolute Gasteiger partial charge is 0.457 e. The SMILES string of the molecule is Cc1cccc(Oc2ccc(-n3nc4c(c3C(N)=O)NCCC4C3CCNCC3)cc2)c1. The Bertz CT molecular complexity index is 1120. The molecule has 0 bridgehead atoms. The first-order chi connectivity index (χ1) is 15.6. The zero-order chi connectivity index (χ0) is 22.1. The van der Waals surface area contributed by atoms with E-state index in [1.54, 1.807) is 4.68 Å². The van der Waals surface area contributed by atoms with Crippen molar-refractivity contribution in [2.24, 2.45) is 11.7 Å². The van der Waals surface area contributed by atoms with Gasteiger partial charge in [0.2, 0.25) is 0 Å². The molecule has 1 saturated heterocycles. The van der Waals surface area contributed by atoms with Crippen molar-refractivity contribution in [1.29, 1.82) is 0 Å². The first-order valence-electron chi connectivity index (χ1n) is 11.3. The molecule has 0 saturated carbocycles.